The number of imidazole rings is 1. The minimum atomic E-state index is -0.335. The number of ketones is 1. The van der Waals surface area contributed by atoms with Crippen LogP contribution in [0.4, 0.5) is 4.39 Å². The van der Waals surface area contributed by atoms with E-state index in [-0.39, 0.29) is 11.6 Å². The van der Waals surface area contributed by atoms with E-state index < -0.39 is 0 Å². The lowest BCUT2D eigenvalue weighted by Gasteiger charge is -2.03. The molecule has 0 amide bonds. The fourth-order valence-corrected chi connectivity index (χ4v) is 1.46. The predicted molar refractivity (Wildman–Crippen MR) is 49.9 cm³/mol. The van der Waals surface area contributed by atoms with E-state index in [0.717, 1.165) is 0 Å². The topological polar surface area (TPSA) is 34.4 Å². The Balaban J connectivity index is 2.89. The zero-order valence-electron chi connectivity index (χ0n) is 7.91. The molecular weight excluding hydrogens is 183 g/mol. The van der Waals surface area contributed by atoms with Crippen LogP contribution in [-0.4, -0.2) is 15.2 Å². The zero-order valence-corrected chi connectivity index (χ0v) is 7.91. The zero-order chi connectivity index (χ0) is 10.3. The largest absolute Gasteiger partial charge is 0.293 e. The van der Waals surface area contributed by atoms with Crippen molar-refractivity contribution in [1.29, 1.82) is 0 Å². The highest BCUT2D eigenvalue weighted by atomic mass is 19.1. The fourth-order valence-electron chi connectivity index (χ4n) is 1.46. The quantitative estimate of drug-likeness (QED) is 0.647. The Morgan fingerprint density at radius 2 is 2.21 bits per heavy atom. The van der Waals surface area contributed by atoms with E-state index in [2.05, 4.69) is 4.98 Å². The molecule has 0 saturated carbocycles. The second kappa shape index (κ2) is 2.90. The first-order valence-electron chi connectivity index (χ1n) is 4.25. The molecule has 4 heteroatoms. The van der Waals surface area contributed by atoms with Crippen LogP contribution in [-0.2, 0) is 0 Å². The Kier molecular flexibility index (Phi) is 1.84. The fraction of sp³-hybridized carbons (Fsp3) is 0.200. The number of Topliss-reactive ketones (excluding diaryl/α,β-unsaturated/α-hetero) is 1. The minimum Gasteiger partial charge on any atom is -0.293 e. The van der Waals surface area contributed by atoms with E-state index in [0.29, 0.717) is 17.0 Å². The van der Waals surface area contributed by atoms with Crippen molar-refractivity contribution in [2.45, 2.75) is 13.8 Å². The molecule has 0 aromatic carbocycles. The lowest BCUT2D eigenvalue weighted by molar-refractivity contribution is 0.101. The smallest absolute Gasteiger partial charge is 0.178 e. The molecule has 14 heavy (non-hydrogen) atoms. The van der Waals surface area contributed by atoms with Gasteiger partial charge in [-0.3, -0.25) is 9.20 Å². The maximum Gasteiger partial charge on any atom is 0.178 e. The number of nitrogens with zero attached hydrogens (tertiary/aromatic N) is 2. The molecule has 0 saturated heterocycles. The number of aryl methyl sites for hydroxylation is 1. The Morgan fingerprint density at radius 3 is 2.86 bits per heavy atom. The standard InChI is InChI=1S/C10H9FN2O/c1-6-8(11)3-4-10-12-5-9(7(2)14)13(6)10/h3-5H,1-2H3. The first kappa shape index (κ1) is 8.87. The summed E-state index contributed by atoms with van der Waals surface area (Å²) in [5.74, 6) is -0.454. The van der Waals surface area contributed by atoms with E-state index >= 15 is 0 Å². The van der Waals surface area contributed by atoms with Crippen LogP contribution in [0.3, 0.4) is 0 Å². The van der Waals surface area contributed by atoms with Crippen molar-refractivity contribution in [1.82, 2.24) is 9.38 Å². The summed E-state index contributed by atoms with van der Waals surface area (Å²) in [6.07, 6.45) is 1.46. The van der Waals surface area contributed by atoms with Crippen LogP contribution < -0.4 is 0 Å². The molecule has 0 aliphatic heterocycles. The van der Waals surface area contributed by atoms with Crippen LogP contribution in [0, 0.1) is 12.7 Å². The maximum atomic E-state index is 13.2. The molecule has 0 radical (unpaired) electrons. The molecule has 72 valence electrons. The van der Waals surface area contributed by atoms with Gasteiger partial charge in [0.05, 0.1) is 11.9 Å². The summed E-state index contributed by atoms with van der Waals surface area (Å²) in [5.41, 5.74) is 1.41. The van der Waals surface area contributed by atoms with Gasteiger partial charge in [0.1, 0.15) is 17.2 Å². The Hall–Kier alpha value is -1.71. The molecule has 2 rings (SSSR count). The van der Waals surface area contributed by atoms with Crippen LogP contribution in [0.1, 0.15) is 23.1 Å². The molecule has 0 aliphatic carbocycles. The van der Waals surface area contributed by atoms with Gasteiger partial charge in [-0.1, -0.05) is 0 Å². The number of carbonyl (C=O) groups excluding carboxylic acids is 1. The Labute approximate surface area is 80.2 Å². The third kappa shape index (κ3) is 1.11. The van der Waals surface area contributed by atoms with E-state index in [9.17, 15) is 9.18 Å². The van der Waals surface area contributed by atoms with Crippen LogP contribution in [0.15, 0.2) is 18.3 Å². The van der Waals surface area contributed by atoms with Crippen molar-refractivity contribution >= 4 is 11.4 Å². The van der Waals surface area contributed by atoms with Gasteiger partial charge >= 0.3 is 0 Å². The van der Waals surface area contributed by atoms with Gasteiger partial charge in [-0.2, -0.15) is 0 Å². The predicted octanol–water partition coefficient (Wildman–Crippen LogP) is 1.98. The normalized spacial score (nSPS) is 10.8. The number of halogens is 1. The molecule has 0 unspecified atom stereocenters. The molecule has 2 heterocycles. The molecule has 0 fully saturated rings. The summed E-state index contributed by atoms with van der Waals surface area (Å²) in [4.78, 5) is 15.2. The van der Waals surface area contributed by atoms with Gasteiger partial charge in [0.15, 0.2) is 5.78 Å². The van der Waals surface area contributed by atoms with Crippen molar-refractivity contribution in [2.24, 2.45) is 0 Å². The molecule has 3 nitrogen and oxygen atoms in total. The summed E-state index contributed by atoms with van der Waals surface area (Å²) >= 11 is 0. The summed E-state index contributed by atoms with van der Waals surface area (Å²) in [6.45, 7) is 3.06. The Bertz CT molecular complexity index is 516. The second-order valence-electron chi connectivity index (χ2n) is 3.16. The SMILES string of the molecule is CC(=O)c1cnc2ccc(F)c(C)n12. The molecule has 0 aliphatic rings. The van der Waals surface area contributed by atoms with Gasteiger partial charge in [-0.25, -0.2) is 9.37 Å². The highest BCUT2D eigenvalue weighted by Crippen LogP contribution is 2.13. The van der Waals surface area contributed by atoms with Crippen molar-refractivity contribution in [3.63, 3.8) is 0 Å². The molecular formula is C10H9FN2O. The van der Waals surface area contributed by atoms with Crippen molar-refractivity contribution in [2.75, 3.05) is 0 Å². The first-order valence-corrected chi connectivity index (χ1v) is 4.25. The van der Waals surface area contributed by atoms with Gasteiger partial charge in [-0.05, 0) is 19.1 Å². The number of hydrogen-bond donors (Lipinski definition) is 0. The molecule has 0 bridgehead atoms. The van der Waals surface area contributed by atoms with Gasteiger partial charge in [0.25, 0.3) is 0 Å². The lowest BCUT2D eigenvalue weighted by Crippen LogP contribution is -2.03. The molecule has 2 aromatic heterocycles. The average molecular weight is 192 g/mol. The van der Waals surface area contributed by atoms with Gasteiger partial charge in [0.2, 0.25) is 0 Å². The van der Waals surface area contributed by atoms with Gasteiger partial charge in [-0.15, -0.1) is 0 Å². The lowest BCUT2D eigenvalue weighted by atomic mass is 10.3. The van der Waals surface area contributed by atoms with Crippen LogP contribution in [0.2, 0.25) is 0 Å². The van der Waals surface area contributed by atoms with E-state index in [4.69, 9.17) is 0 Å². The minimum absolute atomic E-state index is 0.119. The summed E-state index contributed by atoms with van der Waals surface area (Å²) in [7, 11) is 0. The average Bonchev–Trinajstić information content (AvgIpc) is 2.55. The highest BCUT2D eigenvalue weighted by molar-refractivity contribution is 5.93. The Morgan fingerprint density at radius 1 is 1.50 bits per heavy atom. The van der Waals surface area contributed by atoms with E-state index in [1.54, 1.807) is 13.0 Å². The van der Waals surface area contributed by atoms with Crippen molar-refractivity contribution < 1.29 is 9.18 Å². The van der Waals surface area contributed by atoms with E-state index in [1.165, 1.54) is 23.6 Å². The number of fused-ring (bicyclic) bond motifs is 1. The van der Waals surface area contributed by atoms with Gasteiger partial charge < -0.3 is 0 Å². The monoisotopic (exact) mass is 192 g/mol. The van der Waals surface area contributed by atoms with Crippen molar-refractivity contribution in [3.05, 3.63) is 35.5 Å². The molecule has 0 N–H and O–H groups in total. The highest BCUT2D eigenvalue weighted by Gasteiger charge is 2.11. The summed E-state index contributed by atoms with van der Waals surface area (Å²) in [5, 5.41) is 0. The maximum absolute atomic E-state index is 13.2. The number of carbonyl (C=O) groups is 1. The van der Waals surface area contributed by atoms with Crippen molar-refractivity contribution in [3.8, 4) is 0 Å². The molecule has 2 aromatic rings. The number of hydrogen-bond acceptors (Lipinski definition) is 2. The number of pyridine rings is 1. The first-order chi connectivity index (χ1) is 6.61. The summed E-state index contributed by atoms with van der Waals surface area (Å²) in [6, 6.07) is 2.90. The van der Waals surface area contributed by atoms with Gasteiger partial charge in [0, 0.05) is 6.92 Å². The third-order valence-corrected chi connectivity index (χ3v) is 2.21. The summed E-state index contributed by atoms with van der Waals surface area (Å²) < 4.78 is 14.7. The second-order valence-corrected chi connectivity index (χ2v) is 3.16. The molecule has 0 spiro atoms. The third-order valence-electron chi connectivity index (χ3n) is 2.21. The number of aromatic nitrogens is 2. The van der Waals surface area contributed by atoms with Crippen LogP contribution in [0.25, 0.3) is 5.65 Å². The molecule has 0 atom stereocenters. The van der Waals surface area contributed by atoms with Crippen LogP contribution >= 0.6 is 0 Å². The number of rotatable bonds is 1. The van der Waals surface area contributed by atoms with E-state index in [1.807, 2.05) is 0 Å². The van der Waals surface area contributed by atoms with Crippen LogP contribution in [0.5, 0.6) is 0 Å².